The Balaban J connectivity index is 2.28. The van der Waals surface area contributed by atoms with E-state index in [-0.39, 0.29) is 12.0 Å². The first-order valence-electron chi connectivity index (χ1n) is 9.08. The van der Waals surface area contributed by atoms with E-state index in [0.29, 0.717) is 5.90 Å². The van der Waals surface area contributed by atoms with Crippen LogP contribution in [-0.4, -0.2) is 42.4 Å². The molecule has 0 fully saturated rings. The van der Waals surface area contributed by atoms with E-state index in [1.807, 2.05) is 32.0 Å². The Hall–Kier alpha value is -1.68. The molecule has 1 heterocycles. The van der Waals surface area contributed by atoms with Crippen LogP contribution < -0.4 is 0 Å². The molecule has 0 saturated heterocycles. The van der Waals surface area contributed by atoms with E-state index in [1.165, 1.54) is 0 Å². The first-order chi connectivity index (χ1) is 11.5. The minimum atomic E-state index is -0.520. The molecule has 1 unspecified atom stereocenters. The third kappa shape index (κ3) is 4.23. The van der Waals surface area contributed by atoms with Crippen LogP contribution in [0.2, 0.25) is 0 Å². The quantitative estimate of drug-likeness (QED) is 0.763. The van der Waals surface area contributed by atoms with Crippen LogP contribution in [0.25, 0.3) is 0 Å². The molecule has 1 atom stereocenters. The van der Waals surface area contributed by atoms with Gasteiger partial charge in [0.05, 0.1) is 11.5 Å². The summed E-state index contributed by atoms with van der Waals surface area (Å²) in [7, 11) is 0. The topological polar surface area (TPSA) is 41.9 Å². The maximum atomic E-state index is 13.0. The molecule has 0 aliphatic carbocycles. The van der Waals surface area contributed by atoms with Crippen molar-refractivity contribution in [3.05, 3.63) is 35.9 Å². The zero-order chi connectivity index (χ0) is 17.6. The van der Waals surface area contributed by atoms with Crippen molar-refractivity contribution in [2.45, 2.75) is 58.5 Å². The van der Waals surface area contributed by atoms with E-state index in [9.17, 15) is 4.79 Å². The van der Waals surface area contributed by atoms with Crippen LogP contribution >= 0.6 is 0 Å². The fourth-order valence-electron chi connectivity index (χ4n) is 3.35. The van der Waals surface area contributed by atoms with Crippen LogP contribution in [0.4, 0.5) is 0 Å². The highest BCUT2D eigenvalue weighted by atomic mass is 16.5. The molecule has 0 aromatic heterocycles. The van der Waals surface area contributed by atoms with Gasteiger partial charge in [0.15, 0.2) is 5.90 Å². The van der Waals surface area contributed by atoms with E-state index in [2.05, 4.69) is 35.9 Å². The molecule has 0 spiro atoms. The second kappa shape index (κ2) is 8.43. The normalized spacial score (nSPS) is 21.2. The van der Waals surface area contributed by atoms with E-state index < -0.39 is 5.41 Å². The van der Waals surface area contributed by atoms with Crippen molar-refractivity contribution < 1.29 is 9.53 Å². The molecule has 0 radical (unpaired) electrons. The number of benzene rings is 1. The molecule has 132 valence electrons. The van der Waals surface area contributed by atoms with Crippen LogP contribution in [-0.2, 0) is 14.9 Å². The molecule has 1 aromatic rings. The molecular formula is C20H30N2O2. The second-order valence-corrected chi connectivity index (χ2v) is 6.70. The van der Waals surface area contributed by atoms with Crippen LogP contribution in [0.5, 0.6) is 0 Å². The second-order valence-electron chi connectivity index (χ2n) is 6.70. The van der Waals surface area contributed by atoms with Crippen molar-refractivity contribution in [2.75, 3.05) is 19.6 Å². The van der Waals surface area contributed by atoms with Crippen LogP contribution in [0.1, 0.15) is 52.5 Å². The summed E-state index contributed by atoms with van der Waals surface area (Å²) in [6.07, 6.45) is 2.34. The Morgan fingerprint density at radius 2 is 1.88 bits per heavy atom. The van der Waals surface area contributed by atoms with Crippen LogP contribution in [0.15, 0.2) is 35.3 Å². The smallest absolute Gasteiger partial charge is 0.259 e. The summed E-state index contributed by atoms with van der Waals surface area (Å²) >= 11 is 0. The van der Waals surface area contributed by atoms with Crippen molar-refractivity contribution in [2.24, 2.45) is 4.99 Å². The fourth-order valence-corrected chi connectivity index (χ4v) is 3.35. The third-order valence-electron chi connectivity index (χ3n) is 4.85. The summed E-state index contributed by atoms with van der Waals surface area (Å²) in [4.78, 5) is 19.7. The molecule has 2 rings (SSSR count). The molecule has 0 N–H and O–H groups in total. The van der Waals surface area contributed by atoms with Gasteiger partial charge in [0, 0.05) is 6.42 Å². The maximum Gasteiger partial charge on any atom is 0.259 e. The Bertz CT molecular complexity index is 564. The van der Waals surface area contributed by atoms with Crippen molar-refractivity contribution in [1.29, 1.82) is 0 Å². The van der Waals surface area contributed by atoms with Gasteiger partial charge in [-0.1, -0.05) is 44.2 Å². The van der Waals surface area contributed by atoms with Gasteiger partial charge in [-0.25, -0.2) is 0 Å². The lowest BCUT2D eigenvalue weighted by Crippen LogP contribution is -2.42. The molecule has 1 aliphatic rings. The summed E-state index contributed by atoms with van der Waals surface area (Å²) < 4.78 is 5.68. The summed E-state index contributed by atoms with van der Waals surface area (Å²) in [5.41, 5.74) is 0.558. The van der Waals surface area contributed by atoms with Gasteiger partial charge in [0.1, 0.15) is 0 Å². The van der Waals surface area contributed by atoms with E-state index in [0.717, 1.165) is 44.5 Å². The lowest BCUT2D eigenvalue weighted by atomic mass is 9.72. The lowest BCUT2D eigenvalue weighted by molar-refractivity contribution is -0.124. The number of carbonyl (C=O) groups is 1. The monoisotopic (exact) mass is 330 g/mol. The van der Waals surface area contributed by atoms with Crippen LogP contribution in [0, 0.1) is 0 Å². The standard InChI is InChI=1S/C20H30N2O2/c1-5-22(6-2)15-14-20(17-10-8-7-9-11-17)13-12-18(21-19(20)23)24-16(3)4/h7-11,16H,5-6,12-15H2,1-4H3. The molecule has 4 nitrogen and oxygen atoms in total. The molecule has 0 saturated carbocycles. The number of ether oxygens (including phenoxy) is 1. The molecule has 1 aromatic carbocycles. The van der Waals surface area contributed by atoms with Gasteiger partial charge in [-0.05, 0) is 51.9 Å². The van der Waals surface area contributed by atoms with Gasteiger partial charge in [-0.3, -0.25) is 4.79 Å². The molecular weight excluding hydrogens is 300 g/mol. The average Bonchev–Trinajstić information content (AvgIpc) is 2.58. The first kappa shape index (κ1) is 18.7. The van der Waals surface area contributed by atoms with E-state index in [1.54, 1.807) is 0 Å². The molecule has 24 heavy (non-hydrogen) atoms. The molecule has 1 aliphatic heterocycles. The number of amides is 1. The van der Waals surface area contributed by atoms with Gasteiger partial charge < -0.3 is 9.64 Å². The lowest BCUT2D eigenvalue weighted by Gasteiger charge is -2.36. The number of nitrogens with zero attached hydrogens (tertiary/aromatic N) is 2. The summed E-state index contributed by atoms with van der Waals surface area (Å²) in [5.74, 6) is 0.534. The van der Waals surface area contributed by atoms with E-state index in [4.69, 9.17) is 4.74 Å². The molecule has 0 bridgehead atoms. The summed E-state index contributed by atoms with van der Waals surface area (Å²) in [6, 6.07) is 10.1. The highest BCUT2D eigenvalue weighted by Crippen LogP contribution is 2.38. The average molecular weight is 330 g/mol. The van der Waals surface area contributed by atoms with Gasteiger partial charge in [-0.2, -0.15) is 4.99 Å². The van der Waals surface area contributed by atoms with Gasteiger partial charge in [0.2, 0.25) is 0 Å². The van der Waals surface area contributed by atoms with Gasteiger partial charge >= 0.3 is 0 Å². The number of rotatable bonds is 7. The Kier molecular flexibility index (Phi) is 6.55. The minimum absolute atomic E-state index is 0.0523. The summed E-state index contributed by atoms with van der Waals surface area (Å²) in [5, 5.41) is 0. The van der Waals surface area contributed by atoms with Crippen LogP contribution in [0.3, 0.4) is 0 Å². The van der Waals surface area contributed by atoms with Crippen molar-refractivity contribution in [3.8, 4) is 0 Å². The Morgan fingerprint density at radius 3 is 2.42 bits per heavy atom. The predicted octanol–water partition coefficient (Wildman–Crippen LogP) is 3.80. The third-order valence-corrected chi connectivity index (χ3v) is 4.85. The fraction of sp³-hybridized carbons (Fsp3) is 0.600. The number of hydrogen-bond donors (Lipinski definition) is 0. The summed E-state index contributed by atoms with van der Waals surface area (Å²) in [6.45, 7) is 11.2. The van der Waals surface area contributed by atoms with E-state index >= 15 is 0 Å². The number of carbonyl (C=O) groups excluding carboxylic acids is 1. The molecule has 1 amide bonds. The zero-order valence-electron chi connectivity index (χ0n) is 15.4. The molecule has 4 heteroatoms. The van der Waals surface area contributed by atoms with Crippen molar-refractivity contribution in [1.82, 2.24) is 4.90 Å². The SMILES string of the molecule is CCN(CC)CCC1(c2ccccc2)CCC(OC(C)C)=NC1=O. The number of hydrogen-bond acceptors (Lipinski definition) is 3. The minimum Gasteiger partial charge on any atom is -0.478 e. The largest absolute Gasteiger partial charge is 0.478 e. The van der Waals surface area contributed by atoms with Crippen molar-refractivity contribution >= 4 is 11.8 Å². The van der Waals surface area contributed by atoms with Gasteiger partial charge in [0.25, 0.3) is 5.91 Å². The Morgan fingerprint density at radius 1 is 1.21 bits per heavy atom. The highest BCUT2D eigenvalue weighted by molar-refractivity contribution is 6.00. The van der Waals surface area contributed by atoms with Gasteiger partial charge in [-0.15, -0.1) is 0 Å². The highest BCUT2D eigenvalue weighted by Gasteiger charge is 2.43. The predicted molar refractivity (Wildman–Crippen MR) is 98.4 cm³/mol. The zero-order valence-corrected chi connectivity index (χ0v) is 15.4. The maximum absolute atomic E-state index is 13.0. The number of aliphatic imine (C=N–C) groups is 1. The first-order valence-corrected chi connectivity index (χ1v) is 9.08. The Labute approximate surface area is 145 Å². The van der Waals surface area contributed by atoms with Crippen molar-refractivity contribution in [3.63, 3.8) is 0 Å².